The fourth-order valence-electron chi connectivity index (χ4n) is 3.68. The van der Waals surface area contributed by atoms with Gasteiger partial charge in [-0.2, -0.15) is 5.10 Å². The van der Waals surface area contributed by atoms with E-state index in [1.807, 2.05) is 68.6 Å². The van der Waals surface area contributed by atoms with E-state index in [0.717, 1.165) is 37.5 Å². The number of fused-ring (bicyclic) bond motifs is 2. The summed E-state index contributed by atoms with van der Waals surface area (Å²) in [5, 5.41) is 9.10. The molecule has 0 unspecified atom stereocenters. The van der Waals surface area contributed by atoms with Crippen LogP contribution in [0.15, 0.2) is 71.5 Å². The number of hydrogen-bond donors (Lipinski definition) is 1. The predicted molar refractivity (Wildman–Crippen MR) is 126 cm³/mol. The van der Waals surface area contributed by atoms with Crippen LogP contribution in [0.1, 0.15) is 16.1 Å². The lowest BCUT2D eigenvalue weighted by atomic mass is 10.0. The largest absolute Gasteiger partial charge is 0.320 e. The standard InChI is InChI=1S/C24H18BrN5O/c1-14-18(13-27-30(14)2)22-12-17(15-6-3-4-8-20(15)28-22)24(31)29-21-10-9-19(25)16-7-5-11-26-23(16)21/h3-13H,1-2H3,(H,29,31). The van der Waals surface area contributed by atoms with Crippen LogP contribution in [0.25, 0.3) is 33.1 Å². The molecule has 0 spiro atoms. The van der Waals surface area contributed by atoms with Gasteiger partial charge in [0.1, 0.15) is 0 Å². The van der Waals surface area contributed by atoms with Gasteiger partial charge in [0.15, 0.2) is 0 Å². The Bertz CT molecular complexity index is 1470. The van der Waals surface area contributed by atoms with E-state index in [1.54, 1.807) is 17.1 Å². The number of aromatic nitrogens is 4. The molecule has 0 fully saturated rings. The van der Waals surface area contributed by atoms with Gasteiger partial charge in [0.25, 0.3) is 5.91 Å². The number of aryl methyl sites for hydroxylation is 1. The van der Waals surface area contributed by atoms with E-state index in [0.29, 0.717) is 16.9 Å². The molecule has 0 aliphatic heterocycles. The van der Waals surface area contributed by atoms with Crippen molar-refractivity contribution in [3.63, 3.8) is 0 Å². The molecule has 1 N–H and O–H groups in total. The van der Waals surface area contributed by atoms with Crippen LogP contribution in [-0.4, -0.2) is 25.7 Å². The van der Waals surface area contributed by atoms with Gasteiger partial charge >= 0.3 is 0 Å². The van der Waals surface area contributed by atoms with Crippen molar-refractivity contribution in [3.05, 3.63) is 82.7 Å². The Kier molecular flexibility index (Phi) is 4.75. The third-order valence-electron chi connectivity index (χ3n) is 5.44. The van der Waals surface area contributed by atoms with Gasteiger partial charge in [0.05, 0.1) is 34.2 Å². The van der Waals surface area contributed by atoms with E-state index in [1.165, 1.54) is 0 Å². The van der Waals surface area contributed by atoms with Gasteiger partial charge in [-0.15, -0.1) is 0 Å². The van der Waals surface area contributed by atoms with E-state index < -0.39 is 0 Å². The van der Waals surface area contributed by atoms with Gasteiger partial charge in [-0.05, 0) is 37.3 Å². The molecule has 31 heavy (non-hydrogen) atoms. The summed E-state index contributed by atoms with van der Waals surface area (Å²) in [6, 6.07) is 17.1. The highest BCUT2D eigenvalue weighted by Crippen LogP contribution is 2.30. The number of anilines is 1. The average molecular weight is 472 g/mol. The first kappa shape index (κ1) is 19.4. The van der Waals surface area contributed by atoms with E-state index in [2.05, 4.69) is 31.3 Å². The first-order valence-electron chi connectivity index (χ1n) is 9.76. The molecule has 7 heteroatoms. The zero-order valence-electron chi connectivity index (χ0n) is 16.9. The summed E-state index contributed by atoms with van der Waals surface area (Å²) in [5.41, 5.74) is 5.29. The number of nitrogens with zero attached hydrogens (tertiary/aromatic N) is 4. The second-order valence-corrected chi connectivity index (χ2v) is 8.14. The zero-order valence-corrected chi connectivity index (χ0v) is 18.5. The van der Waals surface area contributed by atoms with Crippen molar-refractivity contribution in [1.29, 1.82) is 0 Å². The summed E-state index contributed by atoms with van der Waals surface area (Å²) in [6.07, 6.45) is 3.50. The van der Waals surface area contributed by atoms with Crippen LogP contribution in [0.3, 0.4) is 0 Å². The number of para-hydroxylation sites is 1. The number of benzene rings is 2. The van der Waals surface area contributed by atoms with Crippen LogP contribution in [0.4, 0.5) is 5.69 Å². The van der Waals surface area contributed by atoms with Crippen molar-refractivity contribution in [3.8, 4) is 11.3 Å². The minimum Gasteiger partial charge on any atom is -0.320 e. The molecule has 0 bridgehead atoms. The number of pyridine rings is 2. The summed E-state index contributed by atoms with van der Waals surface area (Å²) in [6.45, 7) is 1.98. The summed E-state index contributed by atoms with van der Waals surface area (Å²) in [5.74, 6) is -0.212. The van der Waals surface area contributed by atoms with Crippen molar-refractivity contribution in [2.75, 3.05) is 5.32 Å². The molecule has 0 aliphatic rings. The predicted octanol–water partition coefficient (Wildman–Crippen LogP) is 5.51. The van der Waals surface area contributed by atoms with Gasteiger partial charge in [0.2, 0.25) is 0 Å². The quantitative estimate of drug-likeness (QED) is 0.376. The van der Waals surface area contributed by atoms with E-state index in [9.17, 15) is 4.79 Å². The van der Waals surface area contributed by atoms with Crippen LogP contribution < -0.4 is 5.32 Å². The van der Waals surface area contributed by atoms with Crippen LogP contribution in [0.5, 0.6) is 0 Å². The Morgan fingerprint density at radius 2 is 1.87 bits per heavy atom. The van der Waals surface area contributed by atoms with E-state index in [-0.39, 0.29) is 5.91 Å². The van der Waals surface area contributed by atoms with Crippen molar-refractivity contribution < 1.29 is 4.79 Å². The van der Waals surface area contributed by atoms with Crippen molar-refractivity contribution in [1.82, 2.24) is 19.7 Å². The molecule has 0 radical (unpaired) electrons. The van der Waals surface area contributed by atoms with Crippen LogP contribution in [0, 0.1) is 6.92 Å². The highest BCUT2D eigenvalue weighted by Gasteiger charge is 2.17. The van der Waals surface area contributed by atoms with Gasteiger partial charge in [-0.25, -0.2) is 4.98 Å². The highest BCUT2D eigenvalue weighted by molar-refractivity contribution is 9.10. The number of nitrogens with one attached hydrogen (secondary N) is 1. The zero-order chi connectivity index (χ0) is 21.5. The Morgan fingerprint density at radius 3 is 2.68 bits per heavy atom. The maximum Gasteiger partial charge on any atom is 0.256 e. The number of amides is 1. The topological polar surface area (TPSA) is 72.7 Å². The normalized spacial score (nSPS) is 11.2. The Labute approximate surface area is 187 Å². The number of halogens is 1. The third kappa shape index (κ3) is 3.37. The lowest BCUT2D eigenvalue weighted by Crippen LogP contribution is -2.13. The van der Waals surface area contributed by atoms with Gasteiger partial charge in [-0.3, -0.25) is 14.5 Å². The molecule has 0 aliphatic carbocycles. The smallest absolute Gasteiger partial charge is 0.256 e. The molecule has 6 nitrogen and oxygen atoms in total. The van der Waals surface area contributed by atoms with Crippen molar-refractivity contribution in [2.45, 2.75) is 6.92 Å². The lowest BCUT2D eigenvalue weighted by Gasteiger charge is -2.12. The number of carbonyl (C=O) groups excluding carboxylic acids is 1. The second-order valence-electron chi connectivity index (χ2n) is 7.29. The third-order valence-corrected chi connectivity index (χ3v) is 6.13. The Morgan fingerprint density at radius 1 is 1.06 bits per heavy atom. The molecule has 5 aromatic rings. The van der Waals surface area contributed by atoms with Crippen LogP contribution >= 0.6 is 15.9 Å². The minimum absolute atomic E-state index is 0.212. The SMILES string of the molecule is Cc1c(-c2cc(C(=O)Nc3ccc(Br)c4cccnc34)c3ccccc3n2)cnn1C. The molecule has 0 saturated carbocycles. The molecule has 3 aromatic heterocycles. The van der Waals surface area contributed by atoms with Gasteiger partial charge in [-0.1, -0.05) is 40.2 Å². The maximum atomic E-state index is 13.4. The highest BCUT2D eigenvalue weighted by atomic mass is 79.9. The Balaban J connectivity index is 1.64. The molecular formula is C24H18BrN5O. The van der Waals surface area contributed by atoms with Crippen LogP contribution in [0.2, 0.25) is 0 Å². The molecular weight excluding hydrogens is 454 g/mol. The maximum absolute atomic E-state index is 13.4. The molecule has 152 valence electrons. The average Bonchev–Trinajstić information content (AvgIpc) is 3.13. The molecule has 0 saturated heterocycles. The molecule has 2 aromatic carbocycles. The lowest BCUT2D eigenvalue weighted by molar-refractivity contribution is 0.102. The first-order chi connectivity index (χ1) is 15.0. The number of rotatable bonds is 3. The van der Waals surface area contributed by atoms with E-state index >= 15 is 0 Å². The summed E-state index contributed by atoms with van der Waals surface area (Å²) in [7, 11) is 1.89. The fraction of sp³-hybridized carbons (Fsp3) is 0.0833. The molecule has 0 atom stereocenters. The minimum atomic E-state index is -0.212. The van der Waals surface area contributed by atoms with Crippen molar-refractivity contribution >= 4 is 49.3 Å². The van der Waals surface area contributed by atoms with Crippen molar-refractivity contribution in [2.24, 2.45) is 7.05 Å². The monoisotopic (exact) mass is 471 g/mol. The Hall–Kier alpha value is -3.58. The van der Waals surface area contributed by atoms with E-state index in [4.69, 9.17) is 4.98 Å². The van der Waals surface area contributed by atoms with Gasteiger partial charge in [0, 0.05) is 39.7 Å². The summed E-state index contributed by atoms with van der Waals surface area (Å²) in [4.78, 5) is 22.7. The molecule has 3 heterocycles. The van der Waals surface area contributed by atoms with Gasteiger partial charge < -0.3 is 5.32 Å². The molecule has 1 amide bonds. The number of hydrogen-bond acceptors (Lipinski definition) is 4. The number of carbonyl (C=O) groups is 1. The molecule has 5 rings (SSSR count). The summed E-state index contributed by atoms with van der Waals surface area (Å²) >= 11 is 3.55. The summed E-state index contributed by atoms with van der Waals surface area (Å²) < 4.78 is 2.73. The second kappa shape index (κ2) is 7.59. The fourth-order valence-corrected chi connectivity index (χ4v) is 4.13. The first-order valence-corrected chi connectivity index (χ1v) is 10.6. The van der Waals surface area contributed by atoms with Crippen LogP contribution in [-0.2, 0) is 7.05 Å².